The molecule has 1 fully saturated rings. The van der Waals surface area contributed by atoms with Crippen molar-refractivity contribution >= 4 is 28.5 Å². The molecule has 1 aliphatic rings. The van der Waals surface area contributed by atoms with Gasteiger partial charge in [0.25, 0.3) is 0 Å². The van der Waals surface area contributed by atoms with Gasteiger partial charge in [-0.1, -0.05) is 6.42 Å². The summed E-state index contributed by atoms with van der Waals surface area (Å²) in [6.07, 6.45) is 3.73. The Balaban J connectivity index is 2.31. The molecule has 94 valence electrons. The van der Waals surface area contributed by atoms with Crippen molar-refractivity contribution < 1.29 is 14.1 Å². The smallest absolute Gasteiger partial charge is 0.303 e. The van der Waals surface area contributed by atoms with Crippen LogP contribution < -0.4 is 0 Å². The number of hydrogen-bond acceptors (Lipinski definition) is 3. The van der Waals surface area contributed by atoms with Crippen LogP contribution in [0.1, 0.15) is 46.0 Å². The highest BCUT2D eigenvalue weighted by Gasteiger charge is 2.36. The van der Waals surface area contributed by atoms with E-state index in [4.69, 9.17) is 5.11 Å². The Hall–Kier alpha value is -0.0300. The fourth-order valence-electron chi connectivity index (χ4n) is 1.90. The van der Waals surface area contributed by atoms with E-state index < -0.39 is 16.8 Å². The Morgan fingerprint density at radius 3 is 2.81 bits per heavy atom. The highest BCUT2D eigenvalue weighted by atomic mass is 32.2. The summed E-state index contributed by atoms with van der Waals surface area (Å²) in [5, 5.41) is 8.79. The molecule has 5 heteroatoms. The first kappa shape index (κ1) is 14.0. The van der Waals surface area contributed by atoms with Crippen LogP contribution in [0.3, 0.4) is 0 Å². The molecule has 0 aliphatic carbocycles. The molecule has 1 rings (SSSR count). The van der Waals surface area contributed by atoms with Gasteiger partial charge in [-0.2, -0.15) is 0 Å². The minimum Gasteiger partial charge on any atom is -0.481 e. The maximum absolute atomic E-state index is 12.1. The molecule has 2 atom stereocenters. The monoisotopic (exact) mass is 264 g/mol. The van der Waals surface area contributed by atoms with Gasteiger partial charge in [-0.25, -0.2) is 0 Å². The van der Waals surface area contributed by atoms with E-state index in [1.54, 1.807) is 11.8 Å². The lowest BCUT2D eigenvalue weighted by Gasteiger charge is -2.33. The Morgan fingerprint density at radius 2 is 2.19 bits per heavy atom. The van der Waals surface area contributed by atoms with Crippen molar-refractivity contribution in [3.63, 3.8) is 0 Å². The summed E-state index contributed by atoms with van der Waals surface area (Å²) in [6, 6.07) is 0. The summed E-state index contributed by atoms with van der Waals surface area (Å²) < 4.78 is 12.0. The second-order valence-corrected chi connectivity index (χ2v) is 8.85. The molecule has 0 amide bonds. The largest absolute Gasteiger partial charge is 0.481 e. The number of aliphatic carboxylic acids is 1. The molecule has 1 heterocycles. The highest BCUT2D eigenvalue weighted by Crippen LogP contribution is 2.38. The van der Waals surface area contributed by atoms with E-state index in [0.717, 1.165) is 25.0 Å². The van der Waals surface area contributed by atoms with Crippen molar-refractivity contribution in [3.8, 4) is 0 Å². The third-order valence-electron chi connectivity index (χ3n) is 2.84. The molecule has 0 saturated carbocycles. The molecule has 0 aromatic carbocycles. The maximum atomic E-state index is 12.1. The third-order valence-corrected chi connectivity index (χ3v) is 6.87. The SMILES string of the molecule is CC1(C)SCCC(CCCCC(=O)O)S1=O. The second kappa shape index (κ2) is 6.05. The van der Waals surface area contributed by atoms with Crippen LogP contribution in [0.15, 0.2) is 0 Å². The molecule has 16 heavy (non-hydrogen) atoms. The zero-order valence-electron chi connectivity index (χ0n) is 9.90. The summed E-state index contributed by atoms with van der Waals surface area (Å²) in [7, 11) is -0.787. The van der Waals surface area contributed by atoms with Crippen molar-refractivity contribution in [2.24, 2.45) is 0 Å². The maximum Gasteiger partial charge on any atom is 0.303 e. The molecule has 1 aliphatic heterocycles. The fourth-order valence-corrected chi connectivity index (χ4v) is 5.58. The molecule has 3 nitrogen and oxygen atoms in total. The summed E-state index contributed by atoms with van der Waals surface area (Å²) in [5.41, 5.74) is 0. The average Bonchev–Trinajstić information content (AvgIpc) is 2.18. The van der Waals surface area contributed by atoms with Crippen LogP contribution in [-0.2, 0) is 15.6 Å². The Morgan fingerprint density at radius 1 is 1.50 bits per heavy atom. The van der Waals surface area contributed by atoms with Gasteiger partial charge < -0.3 is 5.11 Å². The molecule has 0 aromatic heterocycles. The van der Waals surface area contributed by atoms with E-state index in [1.165, 1.54) is 0 Å². The molecule has 0 bridgehead atoms. The van der Waals surface area contributed by atoms with E-state index in [1.807, 2.05) is 13.8 Å². The van der Waals surface area contributed by atoms with Crippen molar-refractivity contribution in [2.45, 2.75) is 55.3 Å². The number of carboxylic acids is 1. The molecular weight excluding hydrogens is 244 g/mol. The number of carboxylic acid groups (broad SMARTS) is 1. The lowest BCUT2D eigenvalue weighted by molar-refractivity contribution is -0.137. The zero-order chi connectivity index (χ0) is 12.2. The normalized spacial score (nSPS) is 28.9. The Kier molecular flexibility index (Phi) is 5.31. The van der Waals surface area contributed by atoms with Crippen LogP contribution >= 0.6 is 11.8 Å². The van der Waals surface area contributed by atoms with Gasteiger partial charge in [0, 0.05) is 22.5 Å². The number of carbonyl (C=O) groups is 1. The first-order valence-electron chi connectivity index (χ1n) is 5.70. The predicted octanol–water partition coefficient (Wildman–Crippen LogP) is 2.62. The van der Waals surface area contributed by atoms with Crippen LogP contribution in [0.5, 0.6) is 0 Å². The van der Waals surface area contributed by atoms with Gasteiger partial charge >= 0.3 is 5.97 Å². The average molecular weight is 264 g/mol. The second-order valence-electron chi connectivity index (χ2n) is 4.60. The molecular formula is C11H20O3S2. The van der Waals surface area contributed by atoms with Gasteiger partial charge in [-0.3, -0.25) is 9.00 Å². The summed E-state index contributed by atoms with van der Waals surface area (Å²) >= 11 is 1.78. The van der Waals surface area contributed by atoms with Crippen LogP contribution in [0, 0.1) is 0 Å². The number of hydrogen-bond donors (Lipinski definition) is 1. The topological polar surface area (TPSA) is 54.4 Å². The molecule has 0 spiro atoms. The molecule has 1 N–H and O–H groups in total. The van der Waals surface area contributed by atoms with Gasteiger partial charge in [0.05, 0.1) is 4.08 Å². The Bertz CT molecular complexity index is 276. The minimum absolute atomic E-state index is 0.129. The predicted molar refractivity (Wildman–Crippen MR) is 69.2 cm³/mol. The minimum atomic E-state index is -0.787. The van der Waals surface area contributed by atoms with Crippen LogP contribution in [0.25, 0.3) is 0 Å². The van der Waals surface area contributed by atoms with E-state index in [2.05, 4.69) is 0 Å². The van der Waals surface area contributed by atoms with E-state index in [-0.39, 0.29) is 15.7 Å². The molecule has 0 aromatic rings. The zero-order valence-corrected chi connectivity index (χ0v) is 11.5. The lowest BCUT2D eigenvalue weighted by atomic mass is 10.1. The van der Waals surface area contributed by atoms with Gasteiger partial charge in [0.1, 0.15) is 0 Å². The number of unbranched alkanes of at least 4 members (excludes halogenated alkanes) is 1. The summed E-state index contributed by atoms with van der Waals surface area (Å²) in [6.45, 7) is 4.08. The number of rotatable bonds is 5. The molecule has 2 unspecified atom stereocenters. The van der Waals surface area contributed by atoms with Crippen molar-refractivity contribution in [2.75, 3.05) is 5.75 Å². The van der Waals surface area contributed by atoms with Crippen LogP contribution in [0.4, 0.5) is 0 Å². The molecule has 0 radical (unpaired) electrons. The van der Waals surface area contributed by atoms with Gasteiger partial charge in [-0.05, 0) is 38.9 Å². The third kappa shape index (κ3) is 4.09. The van der Waals surface area contributed by atoms with Crippen molar-refractivity contribution in [1.29, 1.82) is 0 Å². The Labute approximate surface area is 104 Å². The van der Waals surface area contributed by atoms with Crippen LogP contribution in [-0.4, -0.2) is 30.4 Å². The van der Waals surface area contributed by atoms with Gasteiger partial charge in [-0.15, -0.1) is 11.8 Å². The number of thioether (sulfide) groups is 1. The first-order valence-corrected chi connectivity index (χ1v) is 7.90. The van der Waals surface area contributed by atoms with E-state index in [0.29, 0.717) is 6.42 Å². The van der Waals surface area contributed by atoms with Crippen molar-refractivity contribution in [3.05, 3.63) is 0 Å². The summed E-state index contributed by atoms with van der Waals surface area (Å²) in [5.74, 6) is 0.336. The van der Waals surface area contributed by atoms with Crippen LogP contribution in [0.2, 0.25) is 0 Å². The first-order chi connectivity index (χ1) is 7.43. The summed E-state index contributed by atoms with van der Waals surface area (Å²) in [4.78, 5) is 10.4. The molecule has 1 saturated heterocycles. The van der Waals surface area contributed by atoms with E-state index in [9.17, 15) is 9.00 Å². The quantitative estimate of drug-likeness (QED) is 0.776. The van der Waals surface area contributed by atoms with Crippen molar-refractivity contribution in [1.82, 2.24) is 0 Å². The van der Waals surface area contributed by atoms with Gasteiger partial charge in [0.15, 0.2) is 0 Å². The fraction of sp³-hybridized carbons (Fsp3) is 0.909. The highest BCUT2D eigenvalue weighted by molar-refractivity contribution is 8.13. The van der Waals surface area contributed by atoms with E-state index >= 15 is 0 Å². The standard InChI is InChI=1S/C11H20O3S2/c1-11(2)15-8-7-9(16(11)14)5-3-4-6-10(12)13/h9H,3-8H2,1-2H3,(H,12,13). The van der Waals surface area contributed by atoms with Gasteiger partial charge in [0.2, 0.25) is 0 Å². The lowest BCUT2D eigenvalue weighted by Crippen LogP contribution is -2.36.